The SMILES string of the molecule is CC(C)c1ccc(S(=O)(=O)NCCc2ccc(N)cc2)cc1.Cl. The number of hydrogen-bond donors (Lipinski definition) is 2. The molecular formula is C17H23ClN2O2S. The predicted molar refractivity (Wildman–Crippen MR) is 97.5 cm³/mol. The van der Waals surface area contributed by atoms with Crippen molar-refractivity contribution in [3.8, 4) is 0 Å². The maximum atomic E-state index is 12.2. The minimum Gasteiger partial charge on any atom is -0.399 e. The minimum absolute atomic E-state index is 0. The van der Waals surface area contributed by atoms with E-state index in [0.29, 0.717) is 29.5 Å². The molecule has 0 fully saturated rings. The summed E-state index contributed by atoms with van der Waals surface area (Å²) >= 11 is 0. The van der Waals surface area contributed by atoms with Crippen molar-refractivity contribution in [2.45, 2.75) is 31.1 Å². The van der Waals surface area contributed by atoms with E-state index in [1.54, 1.807) is 12.1 Å². The molecule has 0 radical (unpaired) electrons. The Labute approximate surface area is 144 Å². The molecule has 0 saturated carbocycles. The molecule has 2 aromatic rings. The van der Waals surface area contributed by atoms with Crippen LogP contribution in [0.2, 0.25) is 0 Å². The molecule has 0 aliphatic rings. The fourth-order valence-electron chi connectivity index (χ4n) is 2.13. The molecule has 0 spiro atoms. The van der Waals surface area contributed by atoms with Crippen LogP contribution in [0.25, 0.3) is 0 Å². The molecule has 4 nitrogen and oxygen atoms in total. The van der Waals surface area contributed by atoms with Crippen molar-refractivity contribution in [3.63, 3.8) is 0 Å². The van der Waals surface area contributed by atoms with Gasteiger partial charge in [-0.15, -0.1) is 12.4 Å². The van der Waals surface area contributed by atoms with Crippen LogP contribution >= 0.6 is 12.4 Å². The van der Waals surface area contributed by atoms with Gasteiger partial charge in [0.15, 0.2) is 0 Å². The molecule has 0 amide bonds. The van der Waals surface area contributed by atoms with Crippen LogP contribution in [0.5, 0.6) is 0 Å². The molecule has 0 atom stereocenters. The first kappa shape index (κ1) is 19.5. The molecule has 3 N–H and O–H groups in total. The topological polar surface area (TPSA) is 72.2 Å². The second-order valence-electron chi connectivity index (χ2n) is 5.61. The summed E-state index contributed by atoms with van der Waals surface area (Å²) in [5.41, 5.74) is 8.50. The Kier molecular flexibility index (Phi) is 7.06. The lowest BCUT2D eigenvalue weighted by atomic mass is 10.0. The van der Waals surface area contributed by atoms with E-state index in [2.05, 4.69) is 18.6 Å². The third-order valence-corrected chi connectivity index (χ3v) is 5.02. The third kappa shape index (κ3) is 5.53. The van der Waals surface area contributed by atoms with Gasteiger partial charge in [0.2, 0.25) is 10.0 Å². The Morgan fingerprint density at radius 1 is 1.00 bits per heavy atom. The fourth-order valence-corrected chi connectivity index (χ4v) is 3.16. The molecule has 0 unspecified atom stereocenters. The number of nitrogens with one attached hydrogen (secondary N) is 1. The van der Waals surface area contributed by atoms with Crippen LogP contribution in [0.15, 0.2) is 53.4 Å². The largest absolute Gasteiger partial charge is 0.399 e. The zero-order valence-corrected chi connectivity index (χ0v) is 15.0. The Hall–Kier alpha value is -1.56. The standard InChI is InChI=1S/C17H22N2O2S.ClH/c1-13(2)15-5-9-17(10-6-15)22(20,21)19-12-11-14-3-7-16(18)8-4-14;/h3-10,13,19H,11-12,18H2,1-2H3;1H. The Morgan fingerprint density at radius 2 is 1.57 bits per heavy atom. The quantitative estimate of drug-likeness (QED) is 0.781. The Bertz CT molecular complexity index is 711. The second kappa shape index (κ2) is 8.34. The number of nitrogen functional groups attached to an aromatic ring is 1. The van der Waals surface area contributed by atoms with Gasteiger partial charge >= 0.3 is 0 Å². The smallest absolute Gasteiger partial charge is 0.240 e. The van der Waals surface area contributed by atoms with Crippen molar-refractivity contribution in [3.05, 3.63) is 59.7 Å². The van der Waals surface area contributed by atoms with Crippen molar-refractivity contribution in [1.82, 2.24) is 4.72 Å². The highest BCUT2D eigenvalue weighted by molar-refractivity contribution is 7.89. The monoisotopic (exact) mass is 354 g/mol. The average molecular weight is 355 g/mol. The normalized spacial score (nSPS) is 11.3. The van der Waals surface area contributed by atoms with Gasteiger partial charge in [0.25, 0.3) is 0 Å². The molecule has 2 rings (SSSR count). The first-order valence-corrected chi connectivity index (χ1v) is 8.81. The van der Waals surface area contributed by atoms with Crippen molar-refractivity contribution in [2.24, 2.45) is 0 Å². The van der Waals surface area contributed by atoms with Crippen LogP contribution in [0.4, 0.5) is 5.69 Å². The molecule has 0 aromatic heterocycles. The van der Waals surface area contributed by atoms with Crippen LogP contribution < -0.4 is 10.5 Å². The van der Waals surface area contributed by atoms with Gasteiger partial charge < -0.3 is 5.73 Å². The van der Waals surface area contributed by atoms with Crippen LogP contribution in [-0.2, 0) is 16.4 Å². The van der Waals surface area contributed by atoms with Crippen molar-refractivity contribution in [2.75, 3.05) is 12.3 Å². The van der Waals surface area contributed by atoms with Gasteiger partial charge in [-0.2, -0.15) is 0 Å². The number of anilines is 1. The summed E-state index contributed by atoms with van der Waals surface area (Å²) < 4.78 is 27.1. The number of rotatable bonds is 6. The summed E-state index contributed by atoms with van der Waals surface area (Å²) in [6.07, 6.45) is 0.629. The van der Waals surface area contributed by atoms with Crippen molar-refractivity contribution in [1.29, 1.82) is 0 Å². The first-order valence-electron chi connectivity index (χ1n) is 7.32. The van der Waals surface area contributed by atoms with Gasteiger partial charge in [0.1, 0.15) is 0 Å². The molecule has 0 saturated heterocycles. The van der Waals surface area contributed by atoms with Gasteiger partial charge in [0.05, 0.1) is 4.90 Å². The Morgan fingerprint density at radius 3 is 2.09 bits per heavy atom. The number of halogens is 1. The molecule has 0 bridgehead atoms. The number of hydrogen-bond acceptors (Lipinski definition) is 3. The van der Waals surface area contributed by atoms with E-state index in [0.717, 1.165) is 11.1 Å². The number of sulfonamides is 1. The molecule has 126 valence electrons. The zero-order chi connectivity index (χ0) is 16.2. The maximum Gasteiger partial charge on any atom is 0.240 e. The summed E-state index contributed by atoms with van der Waals surface area (Å²) in [6, 6.07) is 14.5. The van der Waals surface area contributed by atoms with Crippen LogP contribution in [-0.4, -0.2) is 15.0 Å². The Balaban J connectivity index is 0.00000264. The highest BCUT2D eigenvalue weighted by atomic mass is 35.5. The minimum atomic E-state index is -3.46. The maximum absolute atomic E-state index is 12.2. The molecule has 2 aromatic carbocycles. The van der Waals surface area contributed by atoms with Crippen LogP contribution in [0.3, 0.4) is 0 Å². The summed E-state index contributed by atoms with van der Waals surface area (Å²) in [4.78, 5) is 0.300. The molecule has 0 heterocycles. The van der Waals surface area contributed by atoms with Gasteiger partial charge in [-0.05, 0) is 47.7 Å². The lowest BCUT2D eigenvalue weighted by Gasteiger charge is -2.09. The summed E-state index contributed by atoms with van der Waals surface area (Å²) in [7, 11) is -3.46. The molecule has 0 aliphatic heterocycles. The van der Waals surface area contributed by atoms with E-state index in [1.165, 1.54) is 0 Å². The summed E-state index contributed by atoms with van der Waals surface area (Å²) in [5.74, 6) is 0.384. The summed E-state index contributed by atoms with van der Waals surface area (Å²) in [5, 5.41) is 0. The molecule has 0 aliphatic carbocycles. The lowest BCUT2D eigenvalue weighted by molar-refractivity contribution is 0.581. The first-order chi connectivity index (χ1) is 10.4. The van der Waals surface area contributed by atoms with Gasteiger partial charge in [0, 0.05) is 12.2 Å². The van der Waals surface area contributed by atoms with Crippen molar-refractivity contribution >= 4 is 28.1 Å². The van der Waals surface area contributed by atoms with E-state index in [4.69, 9.17) is 5.73 Å². The average Bonchev–Trinajstić information content (AvgIpc) is 2.49. The van der Waals surface area contributed by atoms with Crippen molar-refractivity contribution < 1.29 is 8.42 Å². The van der Waals surface area contributed by atoms with E-state index in [9.17, 15) is 8.42 Å². The molecule has 6 heteroatoms. The van der Waals surface area contributed by atoms with E-state index in [-0.39, 0.29) is 12.4 Å². The zero-order valence-electron chi connectivity index (χ0n) is 13.3. The molecule has 23 heavy (non-hydrogen) atoms. The molecular weight excluding hydrogens is 332 g/mol. The van der Waals surface area contributed by atoms with Gasteiger partial charge in [-0.25, -0.2) is 13.1 Å². The number of benzene rings is 2. The van der Waals surface area contributed by atoms with E-state index < -0.39 is 10.0 Å². The van der Waals surface area contributed by atoms with Crippen LogP contribution in [0.1, 0.15) is 30.9 Å². The number of nitrogens with two attached hydrogens (primary N) is 1. The van der Waals surface area contributed by atoms with Crippen LogP contribution in [0, 0.1) is 0 Å². The van der Waals surface area contributed by atoms with E-state index in [1.807, 2.05) is 36.4 Å². The van der Waals surface area contributed by atoms with Gasteiger partial charge in [-0.1, -0.05) is 38.1 Å². The van der Waals surface area contributed by atoms with E-state index >= 15 is 0 Å². The highest BCUT2D eigenvalue weighted by Gasteiger charge is 2.13. The lowest BCUT2D eigenvalue weighted by Crippen LogP contribution is -2.26. The second-order valence-corrected chi connectivity index (χ2v) is 7.38. The van der Waals surface area contributed by atoms with Gasteiger partial charge in [-0.3, -0.25) is 0 Å². The summed E-state index contributed by atoms with van der Waals surface area (Å²) in [6.45, 7) is 4.51. The fraction of sp³-hybridized carbons (Fsp3) is 0.294. The highest BCUT2D eigenvalue weighted by Crippen LogP contribution is 2.17. The predicted octanol–water partition coefficient (Wildman–Crippen LogP) is 3.34. The third-order valence-electron chi connectivity index (χ3n) is 3.54.